The van der Waals surface area contributed by atoms with Gasteiger partial charge in [-0.15, -0.1) is 0 Å². The highest BCUT2D eigenvalue weighted by atomic mass is 16.5. The highest BCUT2D eigenvalue weighted by Gasteiger charge is 2.13. The lowest BCUT2D eigenvalue weighted by Gasteiger charge is -2.22. The van der Waals surface area contributed by atoms with Crippen LogP contribution in [0.3, 0.4) is 0 Å². The number of aryl methyl sites for hydroxylation is 1. The molecular weight excluding hydrogens is 406 g/mol. The molecule has 0 spiro atoms. The summed E-state index contributed by atoms with van der Waals surface area (Å²) in [6, 6.07) is 18.0. The molecule has 0 aliphatic rings. The van der Waals surface area contributed by atoms with Gasteiger partial charge < -0.3 is 19.1 Å². The summed E-state index contributed by atoms with van der Waals surface area (Å²) < 4.78 is 16.7. The van der Waals surface area contributed by atoms with Gasteiger partial charge in [-0.3, -0.25) is 9.80 Å². The number of nitrogens with zero attached hydrogens (tertiary/aromatic N) is 3. The fourth-order valence-electron chi connectivity index (χ4n) is 3.61. The Morgan fingerprint density at radius 3 is 2.38 bits per heavy atom. The van der Waals surface area contributed by atoms with Gasteiger partial charge in [0, 0.05) is 25.7 Å². The average molecular weight is 440 g/mol. The number of likely N-dealkylation sites (N-methyl/N-ethyl adjacent to an activating group) is 1. The third-order valence-electron chi connectivity index (χ3n) is 5.03. The quantitative estimate of drug-likeness (QED) is 0.463. The fraction of sp³-hybridized carbons (Fsp3) is 0.400. The third kappa shape index (κ3) is 7.37. The molecule has 1 unspecified atom stereocenters. The third-order valence-corrected chi connectivity index (χ3v) is 5.03. The Kier molecular flexibility index (Phi) is 8.67. The van der Waals surface area contributed by atoms with Crippen LogP contribution in [0.4, 0.5) is 0 Å². The zero-order valence-corrected chi connectivity index (χ0v) is 19.3. The fourth-order valence-corrected chi connectivity index (χ4v) is 3.61. The smallest absolute Gasteiger partial charge is 0.161 e. The number of hydrogen-bond acceptors (Lipinski definition) is 7. The van der Waals surface area contributed by atoms with Crippen molar-refractivity contribution in [2.75, 3.05) is 34.4 Å². The maximum atomic E-state index is 10.5. The summed E-state index contributed by atoms with van der Waals surface area (Å²) in [4.78, 5) is 4.22. The second-order valence-electron chi connectivity index (χ2n) is 8.24. The second kappa shape index (κ2) is 11.7. The molecule has 7 nitrogen and oxygen atoms in total. The summed E-state index contributed by atoms with van der Waals surface area (Å²) in [5.41, 5.74) is 3.17. The topological polar surface area (TPSA) is 71.2 Å². The maximum Gasteiger partial charge on any atom is 0.161 e. The van der Waals surface area contributed by atoms with E-state index in [2.05, 4.69) is 27.1 Å². The molecular formula is C25H33N3O4. The predicted octanol–water partition coefficient (Wildman–Crippen LogP) is 3.50. The molecule has 0 radical (unpaired) electrons. The molecule has 1 atom stereocenters. The molecule has 0 bridgehead atoms. The van der Waals surface area contributed by atoms with Gasteiger partial charge in [0.1, 0.15) is 12.7 Å². The van der Waals surface area contributed by atoms with Gasteiger partial charge in [-0.25, -0.2) is 0 Å². The Morgan fingerprint density at radius 1 is 0.938 bits per heavy atom. The van der Waals surface area contributed by atoms with Gasteiger partial charge >= 0.3 is 0 Å². The van der Waals surface area contributed by atoms with E-state index in [-0.39, 0.29) is 6.61 Å². The van der Waals surface area contributed by atoms with Crippen molar-refractivity contribution in [2.45, 2.75) is 32.7 Å². The van der Waals surface area contributed by atoms with E-state index < -0.39 is 6.10 Å². The molecule has 1 aromatic heterocycles. The highest BCUT2D eigenvalue weighted by molar-refractivity contribution is 5.43. The van der Waals surface area contributed by atoms with E-state index in [9.17, 15) is 5.11 Å². The van der Waals surface area contributed by atoms with E-state index >= 15 is 0 Å². The molecule has 1 heterocycles. The second-order valence-corrected chi connectivity index (χ2v) is 8.24. The number of benzene rings is 2. The number of aliphatic hydroxyl groups excluding tert-OH is 1. The number of ether oxygens (including phenoxy) is 2. The van der Waals surface area contributed by atoms with Crippen LogP contribution in [-0.2, 0) is 19.6 Å². The van der Waals surface area contributed by atoms with E-state index in [4.69, 9.17) is 14.0 Å². The lowest BCUT2D eigenvalue weighted by Crippen LogP contribution is -2.32. The first-order chi connectivity index (χ1) is 15.4. The van der Waals surface area contributed by atoms with Crippen molar-refractivity contribution in [3.63, 3.8) is 0 Å². The highest BCUT2D eigenvalue weighted by Crippen LogP contribution is 2.29. The standard InChI is InChI=1S/C25H33N3O4/c1-19-12-23(32-26-19)17-28(3)15-21-10-11-24(30-4)25(13-21)31-18-22(29)16-27(2)14-20-8-6-5-7-9-20/h5-13,22,29H,14-18H2,1-4H3. The largest absolute Gasteiger partial charge is 0.493 e. The van der Waals surface area contributed by atoms with Crippen LogP contribution in [0.25, 0.3) is 0 Å². The van der Waals surface area contributed by atoms with Gasteiger partial charge in [-0.05, 0) is 44.3 Å². The monoisotopic (exact) mass is 439 g/mol. The molecule has 1 N–H and O–H groups in total. The summed E-state index contributed by atoms with van der Waals surface area (Å²) in [6.45, 7) is 4.75. The Hall–Kier alpha value is -2.87. The minimum atomic E-state index is -0.616. The molecule has 7 heteroatoms. The zero-order valence-electron chi connectivity index (χ0n) is 19.3. The van der Waals surface area contributed by atoms with E-state index in [0.29, 0.717) is 31.1 Å². The van der Waals surface area contributed by atoms with Crippen LogP contribution in [-0.4, -0.2) is 60.5 Å². The van der Waals surface area contributed by atoms with Crippen molar-refractivity contribution >= 4 is 0 Å². The molecule has 3 aromatic rings. The summed E-state index contributed by atoms with van der Waals surface area (Å²) >= 11 is 0. The lowest BCUT2D eigenvalue weighted by molar-refractivity contribution is 0.0732. The summed E-state index contributed by atoms with van der Waals surface area (Å²) in [6.07, 6.45) is -0.616. The number of hydrogen-bond donors (Lipinski definition) is 1. The van der Waals surface area contributed by atoms with E-state index in [1.165, 1.54) is 5.56 Å². The van der Waals surface area contributed by atoms with Crippen LogP contribution < -0.4 is 9.47 Å². The molecule has 0 saturated heterocycles. The Labute approximate surface area is 190 Å². The summed E-state index contributed by atoms with van der Waals surface area (Å²) in [7, 11) is 5.63. The van der Waals surface area contributed by atoms with Gasteiger partial charge in [0.25, 0.3) is 0 Å². The Balaban J connectivity index is 1.53. The van der Waals surface area contributed by atoms with Gasteiger partial charge in [0.05, 0.1) is 19.3 Å². The van der Waals surface area contributed by atoms with Gasteiger partial charge in [-0.1, -0.05) is 41.6 Å². The number of rotatable bonds is 12. The first-order valence-electron chi connectivity index (χ1n) is 10.7. The van der Waals surface area contributed by atoms with E-state index in [0.717, 1.165) is 23.6 Å². The SMILES string of the molecule is COc1ccc(CN(C)Cc2cc(C)no2)cc1OCC(O)CN(C)Cc1ccccc1. The van der Waals surface area contributed by atoms with Gasteiger partial charge in [-0.2, -0.15) is 0 Å². The van der Waals surface area contributed by atoms with Crippen LogP contribution >= 0.6 is 0 Å². The summed E-state index contributed by atoms with van der Waals surface area (Å²) in [5.74, 6) is 2.10. The molecule has 0 aliphatic carbocycles. The number of aliphatic hydroxyl groups is 1. The van der Waals surface area contributed by atoms with Crippen molar-refractivity contribution in [1.29, 1.82) is 0 Å². The lowest BCUT2D eigenvalue weighted by atomic mass is 10.2. The molecule has 2 aromatic carbocycles. The van der Waals surface area contributed by atoms with Crippen molar-refractivity contribution in [1.82, 2.24) is 15.0 Å². The van der Waals surface area contributed by atoms with Crippen molar-refractivity contribution in [3.05, 3.63) is 77.2 Å². The van der Waals surface area contributed by atoms with Crippen molar-refractivity contribution in [3.8, 4) is 11.5 Å². The van der Waals surface area contributed by atoms with E-state index in [1.807, 2.05) is 63.5 Å². The molecule has 0 saturated carbocycles. The molecule has 3 rings (SSSR count). The number of methoxy groups -OCH3 is 1. The number of aromatic nitrogens is 1. The van der Waals surface area contributed by atoms with Crippen LogP contribution in [0.5, 0.6) is 11.5 Å². The maximum absolute atomic E-state index is 10.5. The average Bonchev–Trinajstić information content (AvgIpc) is 3.17. The van der Waals surface area contributed by atoms with Crippen molar-refractivity contribution < 1.29 is 19.1 Å². The van der Waals surface area contributed by atoms with Crippen LogP contribution in [0.1, 0.15) is 22.6 Å². The normalized spacial score (nSPS) is 12.3. The van der Waals surface area contributed by atoms with E-state index in [1.54, 1.807) is 7.11 Å². The molecule has 0 aliphatic heterocycles. The van der Waals surface area contributed by atoms with Crippen LogP contribution in [0.2, 0.25) is 0 Å². The first kappa shape index (κ1) is 23.8. The van der Waals surface area contributed by atoms with Gasteiger partial charge in [0.15, 0.2) is 17.3 Å². The zero-order chi connectivity index (χ0) is 22.9. The molecule has 0 fully saturated rings. The first-order valence-corrected chi connectivity index (χ1v) is 10.7. The molecule has 32 heavy (non-hydrogen) atoms. The molecule has 0 amide bonds. The predicted molar refractivity (Wildman–Crippen MR) is 124 cm³/mol. The Morgan fingerprint density at radius 2 is 1.69 bits per heavy atom. The van der Waals surface area contributed by atoms with Crippen LogP contribution in [0, 0.1) is 6.92 Å². The minimum Gasteiger partial charge on any atom is -0.493 e. The van der Waals surface area contributed by atoms with Crippen LogP contribution in [0.15, 0.2) is 59.1 Å². The molecule has 172 valence electrons. The van der Waals surface area contributed by atoms with Gasteiger partial charge in [0.2, 0.25) is 0 Å². The minimum absolute atomic E-state index is 0.187. The Bertz CT molecular complexity index is 961. The summed E-state index contributed by atoms with van der Waals surface area (Å²) in [5, 5.41) is 14.4. The van der Waals surface area contributed by atoms with Crippen molar-refractivity contribution in [2.24, 2.45) is 0 Å².